The fraction of sp³-hybridized carbons (Fsp3) is 0.154. The van der Waals surface area contributed by atoms with Crippen LogP contribution in [0.5, 0.6) is 0 Å². The molecular weight excluding hydrogens is 363 g/mol. The lowest BCUT2D eigenvalue weighted by Crippen LogP contribution is -2.03. The maximum absolute atomic E-state index is 13.1. The van der Waals surface area contributed by atoms with Crippen molar-refractivity contribution in [2.75, 3.05) is 5.32 Å². The molecule has 1 aromatic heterocycles. The van der Waals surface area contributed by atoms with E-state index in [4.69, 9.17) is 0 Å². The monoisotopic (exact) mass is 372 g/mol. The second kappa shape index (κ2) is 5.80. The van der Waals surface area contributed by atoms with Gasteiger partial charge in [0, 0.05) is 17.2 Å². The average molecular weight is 374 g/mol. The van der Waals surface area contributed by atoms with Crippen LogP contribution in [-0.2, 0) is 6.54 Å². The summed E-state index contributed by atoms with van der Waals surface area (Å²) in [7, 11) is 0. The Morgan fingerprint density at radius 3 is 2.83 bits per heavy atom. The highest BCUT2D eigenvalue weighted by molar-refractivity contribution is 9.11. The lowest BCUT2D eigenvalue weighted by atomic mass is 10.2. The van der Waals surface area contributed by atoms with E-state index in [1.807, 2.05) is 13.0 Å². The van der Waals surface area contributed by atoms with E-state index in [1.54, 1.807) is 12.3 Å². The molecule has 0 bridgehead atoms. The van der Waals surface area contributed by atoms with Gasteiger partial charge in [-0.25, -0.2) is 9.37 Å². The highest BCUT2D eigenvalue weighted by Crippen LogP contribution is 2.25. The van der Waals surface area contributed by atoms with Crippen molar-refractivity contribution < 1.29 is 4.39 Å². The second-order valence-corrected chi connectivity index (χ2v) is 5.53. The summed E-state index contributed by atoms with van der Waals surface area (Å²) < 4.78 is 14.9. The van der Waals surface area contributed by atoms with Gasteiger partial charge in [-0.2, -0.15) is 0 Å². The summed E-state index contributed by atoms with van der Waals surface area (Å²) in [6, 6.07) is 6.55. The molecule has 2 nitrogen and oxygen atoms in total. The third-order valence-electron chi connectivity index (χ3n) is 2.54. The number of hydrogen-bond donors (Lipinski definition) is 1. The van der Waals surface area contributed by atoms with Crippen LogP contribution in [0, 0.1) is 12.7 Å². The van der Waals surface area contributed by atoms with Gasteiger partial charge in [-0.15, -0.1) is 0 Å². The first-order valence-corrected chi connectivity index (χ1v) is 6.95. The first-order valence-electron chi connectivity index (χ1n) is 5.37. The van der Waals surface area contributed by atoms with Crippen molar-refractivity contribution in [1.82, 2.24) is 4.98 Å². The molecule has 94 valence electrons. The smallest absolute Gasteiger partial charge is 0.140 e. The molecule has 0 saturated carbocycles. The topological polar surface area (TPSA) is 24.9 Å². The van der Waals surface area contributed by atoms with E-state index in [1.165, 1.54) is 12.1 Å². The molecule has 0 amide bonds. The van der Waals surface area contributed by atoms with E-state index in [-0.39, 0.29) is 5.82 Å². The van der Waals surface area contributed by atoms with E-state index in [0.717, 1.165) is 25.9 Å². The van der Waals surface area contributed by atoms with E-state index < -0.39 is 0 Å². The fourth-order valence-electron chi connectivity index (χ4n) is 1.52. The number of aromatic nitrogens is 1. The summed E-state index contributed by atoms with van der Waals surface area (Å²) in [5.74, 6) is 0.512. The molecule has 0 aliphatic rings. The van der Waals surface area contributed by atoms with Crippen LogP contribution < -0.4 is 5.32 Å². The molecule has 0 spiro atoms. The summed E-state index contributed by atoms with van der Waals surface area (Å²) in [6.07, 6.45) is 1.74. The van der Waals surface area contributed by atoms with E-state index in [2.05, 4.69) is 42.2 Å². The third kappa shape index (κ3) is 3.09. The Morgan fingerprint density at radius 2 is 2.06 bits per heavy atom. The number of halogens is 3. The predicted octanol–water partition coefficient (Wildman–Crippen LogP) is 4.67. The molecule has 0 aliphatic heterocycles. The van der Waals surface area contributed by atoms with Gasteiger partial charge in [-0.3, -0.25) is 0 Å². The Balaban J connectivity index is 2.16. The minimum absolute atomic E-state index is 0.244. The van der Waals surface area contributed by atoms with Crippen LogP contribution in [0.15, 0.2) is 39.4 Å². The lowest BCUT2D eigenvalue weighted by molar-refractivity contribution is 0.625. The van der Waals surface area contributed by atoms with Crippen molar-refractivity contribution in [3.05, 3.63) is 56.4 Å². The maximum atomic E-state index is 13.1. The zero-order valence-corrected chi connectivity index (χ0v) is 12.8. The lowest BCUT2D eigenvalue weighted by Gasteiger charge is -2.10. The number of pyridine rings is 1. The molecular formula is C13H11Br2FN2. The first-order chi connectivity index (χ1) is 8.58. The Labute approximate surface area is 122 Å². The summed E-state index contributed by atoms with van der Waals surface area (Å²) >= 11 is 6.87. The van der Waals surface area contributed by atoms with Gasteiger partial charge in [0.1, 0.15) is 11.6 Å². The highest BCUT2D eigenvalue weighted by atomic mass is 79.9. The maximum Gasteiger partial charge on any atom is 0.140 e. The van der Waals surface area contributed by atoms with Crippen LogP contribution >= 0.6 is 31.9 Å². The van der Waals surface area contributed by atoms with Crippen LogP contribution in [0.3, 0.4) is 0 Å². The number of benzene rings is 1. The molecule has 2 rings (SSSR count). The van der Waals surface area contributed by atoms with Crippen molar-refractivity contribution in [1.29, 1.82) is 0 Å². The minimum Gasteiger partial charge on any atom is -0.365 e. The van der Waals surface area contributed by atoms with Gasteiger partial charge in [0.15, 0.2) is 0 Å². The second-order valence-electron chi connectivity index (χ2n) is 3.88. The van der Waals surface area contributed by atoms with Crippen LogP contribution in [0.1, 0.15) is 11.1 Å². The van der Waals surface area contributed by atoms with Crippen molar-refractivity contribution in [2.45, 2.75) is 13.5 Å². The molecule has 1 N–H and O–H groups in total. The van der Waals surface area contributed by atoms with Crippen molar-refractivity contribution in [3.63, 3.8) is 0 Å². The summed E-state index contributed by atoms with van der Waals surface area (Å²) in [4.78, 5) is 4.24. The quantitative estimate of drug-likeness (QED) is 0.845. The molecule has 18 heavy (non-hydrogen) atoms. The highest BCUT2D eigenvalue weighted by Gasteiger charge is 2.06. The molecule has 0 fully saturated rings. The van der Waals surface area contributed by atoms with Gasteiger partial charge in [0.05, 0.1) is 4.47 Å². The molecule has 0 aliphatic carbocycles. The number of nitrogens with zero attached hydrogens (tertiary/aromatic N) is 1. The van der Waals surface area contributed by atoms with Gasteiger partial charge >= 0.3 is 0 Å². The van der Waals surface area contributed by atoms with Crippen molar-refractivity contribution in [3.8, 4) is 0 Å². The van der Waals surface area contributed by atoms with Gasteiger partial charge in [0.25, 0.3) is 0 Å². The third-order valence-corrected chi connectivity index (χ3v) is 4.31. The zero-order valence-electron chi connectivity index (χ0n) is 9.67. The Hall–Kier alpha value is -0.940. The van der Waals surface area contributed by atoms with Crippen LogP contribution in [0.25, 0.3) is 0 Å². The van der Waals surface area contributed by atoms with Gasteiger partial charge in [-0.05, 0) is 58.2 Å². The first kappa shape index (κ1) is 13.5. The molecule has 0 unspecified atom stereocenters. The normalized spacial score (nSPS) is 10.4. The Kier molecular flexibility index (Phi) is 4.35. The molecule has 0 atom stereocenters. The molecule has 5 heteroatoms. The number of nitrogens with one attached hydrogen (secondary N) is 1. The summed E-state index contributed by atoms with van der Waals surface area (Å²) in [5, 5.41) is 3.18. The Morgan fingerprint density at radius 1 is 1.28 bits per heavy atom. The van der Waals surface area contributed by atoms with Crippen LogP contribution in [0.4, 0.5) is 10.2 Å². The molecule has 0 saturated heterocycles. The zero-order chi connectivity index (χ0) is 13.1. The van der Waals surface area contributed by atoms with E-state index in [0.29, 0.717) is 6.54 Å². The van der Waals surface area contributed by atoms with Crippen LogP contribution in [0.2, 0.25) is 0 Å². The number of aryl methyl sites for hydroxylation is 1. The van der Waals surface area contributed by atoms with Crippen molar-refractivity contribution >= 4 is 37.7 Å². The van der Waals surface area contributed by atoms with Gasteiger partial charge < -0.3 is 5.32 Å². The van der Waals surface area contributed by atoms with E-state index in [9.17, 15) is 4.39 Å². The van der Waals surface area contributed by atoms with Gasteiger partial charge in [0.2, 0.25) is 0 Å². The number of hydrogen-bond acceptors (Lipinski definition) is 2. The van der Waals surface area contributed by atoms with Crippen LogP contribution in [-0.4, -0.2) is 4.98 Å². The largest absolute Gasteiger partial charge is 0.365 e. The molecule has 1 aromatic carbocycles. The average Bonchev–Trinajstić information content (AvgIpc) is 2.35. The minimum atomic E-state index is -0.244. The van der Waals surface area contributed by atoms with Gasteiger partial charge in [-0.1, -0.05) is 15.9 Å². The number of rotatable bonds is 3. The SMILES string of the molecule is Cc1ccnc(NCc2cc(F)ccc2Br)c1Br. The standard InChI is InChI=1S/C13H11Br2FN2/c1-8-4-5-17-13(12(8)15)18-7-9-6-10(16)2-3-11(9)14/h2-6H,7H2,1H3,(H,17,18). The Bertz CT molecular complexity index is 571. The van der Waals surface area contributed by atoms with E-state index >= 15 is 0 Å². The fourth-order valence-corrected chi connectivity index (χ4v) is 2.28. The number of anilines is 1. The summed E-state index contributed by atoms with van der Waals surface area (Å²) in [6.45, 7) is 2.50. The molecule has 1 heterocycles. The predicted molar refractivity (Wildman–Crippen MR) is 78.1 cm³/mol. The molecule has 2 aromatic rings. The summed E-state index contributed by atoms with van der Waals surface area (Å²) in [5.41, 5.74) is 1.95. The van der Waals surface area contributed by atoms with Crippen molar-refractivity contribution in [2.24, 2.45) is 0 Å². The molecule has 0 radical (unpaired) electrons.